The van der Waals surface area contributed by atoms with E-state index in [0.29, 0.717) is 24.0 Å². The fourth-order valence-electron chi connectivity index (χ4n) is 3.11. The third-order valence-electron chi connectivity index (χ3n) is 4.75. The highest BCUT2D eigenvalue weighted by atomic mass is 32.1. The van der Waals surface area contributed by atoms with Crippen LogP contribution in [-0.2, 0) is 13.2 Å². The lowest BCUT2D eigenvalue weighted by Crippen LogP contribution is -2.27. The van der Waals surface area contributed by atoms with Gasteiger partial charge in [-0.15, -0.1) is 16.4 Å². The molecule has 0 spiro atoms. The molecule has 1 saturated carbocycles. The number of thiophene rings is 1. The average molecular weight is 407 g/mol. The summed E-state index contributed by atoms with van der Waals surface area (Å²) in [6, 6.07) is 8.40. The third kappa shape index (κ3) is 3.74. The van der Waals surface area contributed by atoms with E-state index in [-0.39, 0.29) is 12.1 Å². The molecule has 4 nitrogen and oxygen atoms in total. The smallest absolute Gasteiger partial charge is 0.199 e. The Hall–Kier alpha value is -1.90. The van der Waals surface area contributed by atoms with Crippen LogP contribution in [0.3, 0.4) is 0 Å². The number of benzene rings is 1. The molecule has 4 rings (SSSR count). The van der Waals surface area contributed by atoms with Gasteiger partial charge in [0.15, 0.2) is 10.6 Å². The van der Waals surface area contributed by atoms with Crippen LogP contribution in [0.25, 0.3) is 10.7 Å². The second kappa shape index (κ2) is 7.61. The van der Waals surface area contributed by atoms with Crippen molar-refractivity contribution < 1.29 is 8.78 Å². The van der Waals surface area contributed by atoms with Crippen LogP contribution < -0.4 is 0 Å². The van der Waals surface area contributed by atoms with Crippen LogP contribution in [0.2, 0.25) is 0 Å². The van der Waals surface area contributed by atoms with Gasteiger partial charge in [-0.3, -0.25) is 9.47 Å². The number of aromatic nitrogens is 3. The van der Waals surface area contributed by atoms with Crippen LogP contribution in [0.5, 0.6) is 0 Å². The molecule has 1 aliphatic rings. The molecule has 0 bridgehead atoms. The Balaban J connectivity index is 1.63. The van der Waals surface area contributed by atoms with E-state index in [4.69, 9.17) is 17.3 Å². The Labute approximate surface area is 165 Å². The lowest BCUT2D eigenvalue weighted by atomic mass is 10.2. The summed E-state index contributed by atoms with van der Waals surface area (Å²) in [7, 11) is 0. The lowest BCUT2D eigenvalue weighted by Gasteiger charge is -2.20. The molecular weight excluding hydrogens is 386 g/mol. The number of halogens is 2. The maximum atomic E-state index is 14.0. The SMILES string of the molecule is CCN(Cc1c(F)cccc1F)Cn1nc(-c2cccs2)n(C2CC2)c1=S. The summed E-state index contributed by atoms with van der Waals surface area (Å²) in [6.45, 7) is 3.14. The van der Waals surface area contributed by atoms with Crippen molar-refractivity contribution in [2.24, 2.45) is 0 Å². The van der Waals surface area contributed by atoms with Gasteiger partial charge in [0, 0.05) is 18.2 Å². The molecule has 2 heterocycles. The first kappa shape index (κ1) is 18.5. The minimum atomic E-state index is -0.528. The van der Waals surface area contributed by atoms with Gasteiger partial charge in [0.2, 0.25) is 0 Å². The predicted molar refractivity (Wildman–Crippen MR) is 105 cm³/mol. The van der Waals surface area contributed by atoms with Gasteiger partial charge in [0.1, 0.15) is 11.6 Å². The van der Waals surface area contributed by atoms with E-state index >= 15 is 0 Å². The molecule has 0 atom stereocenters. The lowest BCUT2D eigenvalue weighted by molar-refractivity contribution is 0.202. The maximum absolute atomic E-state index is 14.0. The zero-order valence-corrected chi connectivity index (χ0v) is 16.6. The van der Waals surface area contributed by atoms with E-state index in [0.717, 1.165) is 23.5 Å². The van der Waals surface area contributed by atoms with Crippen LogP contribution in [0, 0.1) is 16.4 Å². The molecule has 0 saturated heterocycles. The second-order valence-electron chi connectivity index (χ2n) is 6.67. The third-order valence-corrected chi connectivity index (χ3v) is 6.02. The average Bonchev–Trinajstić information content (AvgIpc) is 3.23. The molecule has 142 valence electrons. The zero-order chi connectivity index (χ0) is 19.0. The van der Waals surface area contributed by atoms with E-state index in [1.807, 2.05) is 29.3 Å². The van der Waals surface area contributed by atoms with Crippen molar-refractivity contribution in [3.63, 3.8) is 0 Å². The van der Waals surface area contributed by atoms with Crippen LogP contribution >= 0.6 is 23.6 Å². The number of nitrogens with zero attached hydrogens (tertiary/aromatic N) is 4. The first-order valence-corrected chi connectivity index (χ1v) is 10.3. The summed E-state index contributed by atoms with van der Waals surface area (Å²) in [6.07, 6.45) is 2.21. The van der Waals surface area contributed by atoms with Gasteiger partial charge in [-0.2, -0.15) is 0 Å². The van der Waals surface area contributed by atoms with Gasteiger partial charge < -0.3 is 0 Å². The van der Waals surface area contributed by atoms with Crippen molar-refractivity contribution in [2.75, 3.05) is 6.54 Å². The molecule has 8 heteroatoms. The molecule has 0 amide bonds. The molecule has 0 unspecified atom stereocenters. The largest absolute Gasteiger partial charge is 0.296 e. The minimum Gasteiger partial charge on any atom is -0.296 e. The molecule has 0 aliphatic heterocycles. The molecule has 1 aliphatic carbocycles. The highest BCUT2D eigenvalue weighted by Crippen LogP contribution is 2.39. The normalized spacial score (nSPS) is 14.2. The van der Waals surface area contributed by atoms with Gasteiger partial charge in [-0.25, -0.2) is 13.5 Å². The summed E-state index contributed by atoms with van der Waals surface area (Å²) in [5.74, 6) is -0.176. The summed E-state index contributed by atoms with van der Waals surface area (Å²) < 4.78 is 32.6. The fourth-order valence-corrected chi connectivity index (χ4v) is 4.15. The van der Waals surface area contributed by atoms with E-state index in [1.54, 1.807) is 16.0 Å². The number of hydrogen-bond donors (Lipinski definition) is 0. The Morgan fingerprint density at radius 1 is 1.22 bits per heavy atom. The highest BCUT2D eigenvalue weighted by Gasteiger charge is 2.29. The van der Waals surface area contributed by atoms with Crippen LogP contribution in [0.15, 0.2) is 35.7 Å². The summed E-state index contributed by atoms with van der Waals surface area (Å²) in [5, 5.41) is 6.77. The molecule has 0 radical (unpaired) electrons. The number of hydrogen-bond acceptors (Lipinski definition) is 4. The van der Waals surface area contributed by atoms with Crippen LogP contribution in [0.1, 0.15) is 31.4 Å². The van der Waals surface area contributed by atoms with Crippen molar-refractivity contribution in [2.45, 2.75) is 39.0 Å². The van der Waals surface area contributed by atoms with E-state index in [1.165, 1.54) is 18.2 Å². The highest BCUT2D eigenvalue weighted by molar-refractivity contribution is 7.71. The van der Waals surface area contributed by atoms with Gasteiger partial charge in [0.25, 0.3) is 0 Å². The maximum Gasteiger partial charge on any atom is 0.199 e. The Morgan fingerprint density at radius 2 is 1.96 bits per heavy atom. The molecule has 27 heavy (non-hydrogen) atoms. The molecule has 3 aromatic rings. The fraction of sp³-hybridized carbons (Fsp3) is 0.368. The Morgan fingerprint density at radius 3 is 2.56 bits per heavy atom. The molecular formula is C19H20F2N4S2. The summed E-state index contributed by atoms with van der Waals surface area (Å²) in [4.78, 5) is 3.01. The van der Waals surface area contributed by atoms with E-state index in [2.05, 4.69) is 4.57 Å². The topological polar surface area (TPSA) is 26.0 Å². The first-order valence-electron chi connectivity index (χ1n) is 8.97. The van der Waals surface area contributed by atoms with Gasteiger partial charge >= 0.3 is 0 Å². The van der Waals surface area contributed by atoms with Gasteiger partial charge in [0.05, 0.1) is 11.5 Å². The van der Waals surface area contributed by atoms with Crippen molar-refractivity contribution in [1.29, 1.82) is 0 Å². The van der Waals surface area contributed by atoms with Crippen molar-refractivity contribution >= 4 is 23.6 Å². The van der Waals surface area contributed by atoms with Crippen molar-refractivity contribution in [1.82, 2.24) is 19.2 Å². The van der Waals surface area contributed by atoms with E-state index in [9.17, 15) is 8.78 Å². The van der Waals surface area contributed by atoms with Gasteiger partial charge in [-0.1, -0.05) is 19.1 Å². The molecule has 1 fully saturated rings. The van der Waals surface area contributed by atoms with Gasteiger partial charge in [-0.05, 0) is 55.2 Å². The first-order chi connectivity index (χ1) is 13.1. The summed E-state index contributed by atoms with van der Waals surface area (Å²) in [5.41, 5.74) is 0.0750. The Bertz CT molecular complexity index is 970. The van der Waals surface area contributed by atoms with Crippen molar-refractivity contribution in [3.8, 4) is 10.7 Å². The van der Waals surface area contributed by atoms with Crippen LogP contribution in [-0.4, -0.2) is 25.8 Å². The van der Waals surface area contributed by atoms with Crippen molar-refractivity contribution in [3.05, 3.63) is 57.7 Å². The Kier molecular flexibility index (Phi) is 5.21. The monoisotopic (exact) mass is 406 g/mol. The molecule has 1 aromatic carbocycles. The zero-order valence-electron chi connectivity index (χ0n) is 14.9. The quantitative estimate of drug-likeness (QED) is 0.502. The van der Waals surface area contributed by atoms with E-state index < -0.39 is 11.6 Å². The molecule has 2 aromatic heterocycles. The van der Waals surface area contributed by atoms with Crippen LogP contribution in [0.4, 0.5) is 8.78 Å². The minimum absolute atomic E-state index is 0.0750. The predicted octanol–water partition coefficient (Wildman–Crippen LogP) is 5.24. The molecule has 0 N–H and O–H groups in total. The standard InChI is InChI=1S/C19H20F2N4S2/c1-2-23(11-14-15(20)5-3-6-16(14)21)12-24-19(26)25(13-8-9-13)18(22-24)17-7-4-10-27-17/h3-7,10,13H,2,8-9,11-12H2,1H3. The number of rotatable bonds is 7. The second-order valence-corrected chi connectivity index (χ2v) is 7.98. The summed E-state index contributed by atoms with van der Waals surface area (Å²) >= 11 is 7.31.